The lowest BCUT2D eigenvalue weighted by molar-refractivity contribution is 0.934. The van der Waals surface area contributed by atoms with Crippen LogP contribution in [0.4, 0.5) is 5.82 Å². The van der Waals surface area contributed by atoms with Gasteiger partial charge in [0.25, 0.3) is 0 Å². The fourth-order valence-electron chi connectivity index (χ4n) is 2.23. The molecular weight excluding hydrogens is 278 g/mol. The van der Waals surface area contributed by atoms with Gasteiger partial charge in [-0.2, -0.15) is 9.62 Å². The lowest BCUT2D eigenvalue weighted by Gasteiger charge is -2.05. The van der Waals surface area contributed by atoms with Crippen LogP contribution < -0.4 is 5.43 Å². The van der Waals surface area contributed by atoms with Gasteiger partial charge in [0, 0.05) is 23.2 Å². The molecule has 4 aromatic rings. The smallest absolute Gasteiger partial charge is 0.185 e. The minimum Gasteiger partial charge on any atom is -0.265 e. The first-order chi connectivity index (χ1) is 10.9. The Bertz CT molecular complexity index is 959. The molecular formula is C15H11N7. The Morgan fingerprint density at radius 1 is 1.05 bits per heavy atom. The van der Waals surface area contributed by atoms with Crippen LogP contribution in [0.3, 0.4) is 0 Å². The van der Waals surface area contributed by atoms with Crippen molar-refractivity contribution in [3.05, 3.63) is 60.7 Å². The summed E-state index contributed by atoms with van der Waals surface area (Å²) < 4.78 is 1.63. The molecule has 1 aromatic carbocycles. The van der Waals surface area contributed by atoms with E-state index in [1.807, 2.05) is 36.4 Å². The molecule has 0 aliphatic heterocycles. The van der Waals surface area contributed by atoms with Crippen LogP contribution in [0, 0.1) is 0 Å². The van der Waals surface area contributed by atoms with E-state index in [4.69, 9.17) is 0 Å². The predicted octanol–water partition coefficient (Wildman–Crippen LogP) is 2.12. The summed E-state index contributed by atoms with van der Waals surface area (Å²) in [7, 11) is 0. The van der Waals surface area contributed by atoms with E-state index in [1.165, 1.54) is 0 Å². The highest BCUT2D eigenvalue weighted by Gasteiger charge is 2.08. The van der Waals surface area contributed by atoms with Crippen molar-refractivity contribution in [1.29, 1.82) is 0 Å². The second-order valence-corrected chi connectivity index (χ2v) is 4.64. The molecule has 3 aromatic heterocycles. The summed E-state index contributed by atoms with van der Waals surface area (Å²) in [6.07, 6.45) is 6.73. The highest BCUT2D eigenvalue weighted by Crippen LogP contribution is 2.23. The molecule has 0 saturated heterocycles. The largest absolute Gasteiger partial charge is 0.265 e. The van der Waals surface area contributed by atoms with Crippen LogP contribution in [-0.2, 0) is 0 Å². The molecule has 0 radical (unpaired) electrons. The van der Waals surface area contributed by atoms with Gasteiger partial charge in [0.15, 0.2) is 11.5 Å². The van der Waals surface area contributed by atoms with Crippen molar-refractivity contribution in [3.8, 4) is 0 Å². The Hall–Kier alpha value is -3.35. The van der Waals surface area contributed by atoms with Crippen molar-refractivity contribution in [3.63, 3.8) is 0 Å². The Morgan fingerprint density at radius 2 is 1.86 bits per heavy atom. The number of benzene rings is 1. The third kappa shape index (κ3) is 2.14. The Morgan fingerprint density at radius 3 is 2.73 bits per heavy atom. The molecule has 0 saturated carbocycles. The van der Waals surface area contributed by atoms with Crippen LogP contribution in [0.15, 0.2) is 60.2 Å². The summed E-state index contributed by atoms with van der Waals surface area (Å²) in [6, 6.07) is 11.6. The van der Waals surface area contributed by atoms with Gasteiger partial charge in [-0.05, 0) is 17.7 Å². The number of aromatic nitrogens is 5. The van der Waals surface area contributed by atoms with Crippen molar-refractivity contribution in [2.75, 3.05) is 5.43 Å². The lowest BCUT2D eigenvalue weighted by Crippen LogP contribution is -2.00. The van der Waals surface area contributed by atoms with Gasteiger partial charge in [0.2, 0.25) is 0 Å². The van der Waals surface area contributed by atoms with E-state index in [2.05, 4.69) is 30.8 Å². The Labute approximate surface area is 125 Å². The molecule has 7 heteroatoms. The zero-order valence-electron chi connectivity index (χ0n) is 11.5. The summed E-state index contributed by atoms with van der Waals surface area (Å²) in [5.41, 5.74) is 4.66. The van der Waals surface area contributed by atoms with Crippen molar-refractivity contribution >= 4 is 28.5 Å². The van der Waals surface area contributed by atoms with Gasteiger partial charge >= 0.3 is 0 Å². The zero-order valence-corrected chi connectivity index (χ0v) is 11.5. The fraction of sp³-hybridized carbons (Fsp3) is 0. The van der Waals surface area contributed by atoms with Gasteiger partial charge in [-0.1, -0.05) is 24.3 Å². The Kier molecular flexibility index (Phi) is 2.93. The number of fused-ring (bicyclic) bond motifs is 3. The van der Waals surface area contributed by atoms with Gasteiger partial charge in [-0.3, -0.25) is 10.4 Å². The number of rotatable bonds is 3. The molecule has 4 rings (SSSR count). The van der Waals surface area contributed by atoms with Gasteiger partial charge in [-0.15, -0.1) is 15.3 Å². The molecule has 1 N–H and O–H groups in total. The predicted molar refractivity (Wildman–Crippen MR) is 83.7 cm³/mol. The van der Waals surface area contributed by atoms with E-state index in [9.17, 15) is 0 Å². The maximum absolute atomic E-state index is 4.45. The first-order valence-electron chi connectivity index (χ1n) is 6.70. The molecule has 22 heavy (non-hydrogen) atoms. The molecule has 7 nitrogen and oxygen atoms in total. The standard InChI is InChI=1S/C15H11N7/c1-2-4-13-12(3-1)14(21-22-10-18-20-15(13)22)19-17-9-11-5-7-16-8-6-11/h1-10H,(H,19,21). The van der Waals surface area contributed by atoms with Gasteiger partial charge in [-0.25, -0.2) is 0 Å². The summed E-state index contributed by atoms with van der Waals surface area (Å²) >= 11 is 0. The number of hydrogen-bond acceptors (Lipinski definition) is 6. The van der Waals surface area contributed by atoms with Gasteiger partial charge in [0.05, 0.1) is 6.21 Å². The molecule has 106 valence electrons. The van der Waals surface area contributed by atoms with Crippen LogP contribution in [0.25, 0.3) is 16.4 Å². The minimum absolute atomic E-state index is 0.646. The molecule has 0 aliphatic carbocycles. The maximum atomic E-state index is 4.45. The number of nitrogens with one attached hydrogen (secondary N) is 1. The molecule has 0 atom stereocenters. The van der Waals surface area contributed by atoms with Gasteiger partial charge in [0.1, 0.15) is 6.33 Å². The highest BCUT2D eigenvalue weighted by atomic mass is 15.4. The number of nitrogens with zero attached hydrogens (tertiary/aromatic N) is 6. The third-order valence-electron chi connectivity index (χ3n) is 3.25. The summed E-state index contributed by atoms with van der Waals surface area (Å²) in [6.45, 7) is 0. The molecule has 0 amide bonds. The van der Waals surface area contributed by atoms with Crippen LogP contribution in [0.5, 0.6) is 0 Å². The van der Waals surface area contributed by atoms with Crippen molar-refractivity contribution in [2.24, 2.45) is 5.10 Å². The van der Waals surface area contributed by atoms with E-state index in [0.29, 0.717) is 5.82 Å². The van der Waals surface area contributed by atoms with E-state index in [0.717, 1.165) is 22.0 Å². The number of hydrazone groups is 1. The van der Waals surface area contributed by atoms with Crippen molar-refractivity contribution < 1.29 is 0 Å². The topological polar surface area (TPSA) is 80.4 Å². The average molecular weight is 289 g/mol. The first-order valence-corrected chi connectivity index (χ1v) is 6.70. The van der Waals surface area contributed by atoms with E-state index >= 15 is 0 Å². The zero-order chi connectivity index (χ0) is 14.8. The van der Waals surface area contributed by atoms with Crippen LogP contribution >= 0.6 is 0 Å². The number of hydrogen-bond donors (Lipinski definition) is 1. The molecule has 0 fully saturated rings. The molecule has 0 spiro atoms. The number of anilines is 1. The molecule has 0 aliphatic rings. The SMILES string of the molecule is C(=NNc1nn2cnnc2c2ccccc12)c1ccncc1. The Balaban J connectivity index is 1.75. The van der Waals surface area contributed by atoms with Gasteiger partial charge < -0.3 is 0 Å². The fourth-order valence-corrected chi connectivity index (χ4v) is 2.23. The quantitative estimate of drug-likeness (QED) is 0.461. The lowest BCUT2D eigenvalue weighted by atomic mass is 10.2. The van der Waals surface area contributed by atoms with Crippen molar-refractivity contribution in [1.82, 2.24) is 24.8 Å². The summed E-state index contributed by atoms with van der Waals surface area (Å²) in [5, 5.41) is 18.6. The van der Waals surface area contributed by atoms with E-state index in [1.54, 1.807) is 29.5 Å². The molecule has 0 bridgehead atoms. The minimum atomic E-state index is 0.646. The van der Waals surface area contributed by atoms with Crippen LogP contribution in [0.2, 0.25) is 0 Å². The van der Waals surface area contributed by atoms with E-state index in [-0.39, 0.29) is 0 Å². The average Bonchev–Trinajstić information content (AvgIpc) is 3.04. The van der Waals surface area contributed by atoms with Crippen molar-refractivity contribution in [2.45, 2.75) is 0 Å². The van der Waals surface area contributed by atoms with Crippen LogP contribution in [0.1, 0.15) is 5.56 Å². The highest BCUT2D eigenvalue weighted by molar-refractivity contribution is 5.99. The first kappa shape index (κ1) is 12.4. The third-order valence-corrected chi connectivity index (χ3v) is 3.25. The second-order valence-electron chi connectivity index (χ2n) is 4.64. The monoisotopic (exact) mass is 289 g/mol. The molecule has 0 unspecified atom stereocenters. The number of pyridine rings is 1. The van der Waals surface area contributed by atoms with E-state index < -0.39 is 0 Å². The summed E-state index contributed by atoms with van der Waals surface area (Å²) in [4.78, 5) is 3.97. The summed E-state index contributed by atoms with van der Waals surface area (Å²) in [5.74, 6) is 0.646. The van der Waals surface area contributed by atoms with Crippen LogP contribution in [-0.4, -0.2) is 31.0 Å². The maximum Gasteiger partial charge on any atom is 0.185 e. The second kappa shape index (κ2) is 5.21. The normalized spacial score (nSPS) is 11.5. The molecule has 3 heterocycles.